The van der Waals surface area contributed by atoms with Gasteiger partial charge in [-0.3, -0.25) is 4.79 Å². The van der Waals surface area contributed by atoms with Gasteiger partial charge in [0.05, 0.1) is 23.5 Å². The zero-order valence-corrected chi connectivity index (χ0v) is 13.0. The number of carbonyl (C=O) groups excluding carboxylic acids is 2. The molecule has 1 amide bonds. The van der Waals surface area contributed by atoms with Gasteiger partial charge in [-0.05, 0) is 24.8 Å². The second-order valence-corrected chi connectivity index (χ2v) is 5.48. The predicted molar refractivity (Wildman–Crippen MR) is 82.8 cm³/mol. The van der Waals surface area contributed by atoms with Crippen molar-refractivity contribution in [3.63, 3.8) is 0 Å². The van der Waals surface area contributed by atoms with Gasteiger partial charge in [-0.2, -0.15) is 0 Å². The Labute approximate surface area is 123 Å². The number of amides is 1. The first kappa shape index (κ1) is 16.4. The Morgan fingerprint density at radius 3 is 2.60 bits per heavy atom. The highest BCUT2D eigenvalue weighted by atomic mass is 32.2. The van der Waals surface area contributed by atoms with Crippen LogP contribution in [0.3, 0.4) is 0 Å². The summed E-state index contributed by atoms with van der Waals surface area (Å²) >= 11 is 1.57. The second-order valence-electron chi connectivity index (χ2n) is 4.18. The highest BCUT2D eigenvalue weighted by Gasteiger charge is 2.17. The van der Waals surface area contributed by atoms with Crippen molar-refractivity contribution >= 4 is 35.5 Å². The normalized spacial score (nSPS) is 10.0. The van der Waals surface area contributed by atoms with E-state index in [4.69, 9.17) is 4.74 Å². The van der Waals surface area contributed by atoms with Crippen molar-refractivity contribution in [1.29, 1.82) is 0 Å². The van der Waals surface area contributed by atoms with Gasteiger partial charge in [-0.1, -0.05) is 6.92 Å². The fourth-order valence-electron chi connectivity index (χ4n) is 1.76. The van der Waals surface area contributed by atoms with Gasteiger partial charge in [-0.15, -0.1) is 11.8 Å². The van der Waals surface area contributed by atoms with Crippen LogP contribution >= 0.6 is 11.8 Å². The summed E-state index contributed by atoms with van der Waals surface area (Å²) in [6.07, 6.45) is 0.601. The maximum atomic E-state index is 12.0. The van der Waals surface area contributed by atoms with E-state index in [0.29, 0.717) is 24.3 Å². The summed E-state index contributed by atoms with van der Waals surface area (Å²) in [7, 11) is 3.77. The van der Waals surface area contributed by atoms with Gasteiger partial charge in [0.1, 0.15) is 0 Å². The Balaban J connectivity index is 3.35. The van der Waals surface area contributed by atoms with E-state index in [1.54, 1.807) is 24.8 Å². The molecule has 0 aliphatic carbocycles. The van der Waals surface area contributed by atoms with E-state index in [2.05, 4.69) is 5.32 Å². The first-order valence-electron chi connectivity index (χ1n) is 6.40. The fraction of sp³-hybridized carbons (Fsp3) is 0.429. The molecule has 5 nitrogen and oxygen atoms in total. The molecule has 1 aromatic rings. The van der Waals surface area contributed by atoms with Crippen molar-refractivity contribution in [3.05, 3.63) is 17.7 Å². The van der Waals surface area contributed by atoms with Crippen LogP contribution in [0.1, 0.15) is 24.2 Å². The standard InChI is InChI=1S/C14H20N2O3S/c1-5-19-14(18)10-7-11(15-9-17)12(16(3)4)8-13(10)20-6-2/h7-9H,5-6H2,1-4H3,(H,15,17). The molecule has 0 aromatic heterocycles. The van der Waals surface area contributed by atoms with Crippen LogP contribution in [-0.2, 0) is 9.53 Å². The molecule has 0 spiro atoms. The van der Waals surface area contributed by atoms with E-state index in [0.717, 1.165) is 16.3 Å². The van der Waals surface area contributed by atoms with Gasteiger partial charge in [-0.25, -0.2) is 4.79 Å². The molecule has 0 bridgehead atoms. The van der Waals surface area contributed by atoms with Gasteiger partial charge < -0.3 is 15.0 Å². The maximum Gasteiger partial charge on any atom is 0.339 e. The number of thioether (sulfide) groups is 1. The number of esters is 1. The number of nitrogens with zero attached hydrogens (tertiary/aromatic N) is 1. The van der Waals surface area contributed by atoms with Gasteiger partial charge >= 0.3 is 5.97 Å². The van der Waals surface area contributed by atoms with Crippen molar-refractivity contribution in [2.75, 3.05) is 36.7 Å². The van der Waals surface area contributed by atoms with E-state index in [-0.39, 0.29) is 5.97 Å². The van der Waals surface area contributed by atoms with E-state index in [9.17, 15) is 9.59 Å². The first-order valence-corrected chi connectivity index (χ1v) is 7.39. The summed E-state index contributed by atoms with van der Waals surface area (Å²) in [4.78, 5) is 25.5. The number of benzene rings is 1. The highest BCUT2D eigenvalue weighted by Crippen LogP contribution is 2.34. The van der Waals surface area contributed by atoms with Crippen molar-refractivity contribution in [1.82, 2.24) is 0 Å². The van der Waals surface area contributed by atoms with Crippen LogP contribution in [0.25, 0.3) is 0 Å². The number of hydrogen-bond donors (Lipinski definition) is 1. The summed E-state index contributed by atoms with van der Waals surface area (Å²) < 4.78 is 5.07. The average Bonchev–Trinajstić information content (AvgIpc) is 2.40. The second kappa shape index (κ2) is 7.79. The molecule has 6 heteroatoms. The molecule has 1 rings (SSSR count). The minimum Gasteiger partial charge on any atom is -0.462 e. The zero-order valence-electron chi connectivity index (χ0n) is 12.2. The van der Waals surface area contributed by atoms with Gasteiger partial charge in [0, 0.05) is 19.0 Å². The van der Waals surface area contributed by atoms with Crippen LogP contribution in [0.4, 0.5) is 11.4 Å². The van der Waals surface area contributed by atoms with E-state index in [1.165, 1.54) is 0 Å². The Hall–Kier alpha value is -1.69. The summed E-state index contributed by atoms with van der Waals surface area (Å²) in [5.41, 5.74) is 1.92. The van der Waals surface area contributed by atoms with Crippen molar-refractivity contribution in [2.24, 2.45) is 0 Å². The molecule has 0 saturated heterocycles. The third kappa shape index (κ3) is 3.90. The van der Waals surface area contributed by atoms with Crippen molar-refractivity contribution in [3.8, 4) is 0 Å². The molecule has 0 unspecified atom stereocenters. The lowest BCUT2D eigenvalue weighted by molar-refractivity contribution is -0.105. The lowest BCUT2D eigenvalue weighted by Crippen LogP contribution is -2.14. The number of carbonyl (C=O) groups is 2. The van der Waals surface area contributed by atoms with Crippen LogP contribution in [0.15, 0.2) is 17.0 Å². The molecule has 0 aliphatic rings. The molecule has 0 radical (unpaired) electrons. The lowest BCUT2D eigenvalue weighted by Gasteiger charge is -2.20. The summed E-state index contributed by atoms with van der Waals surface area (Å²) in [6.45, 7) is 4.11. The Bertz CT molecular complexity index is 490. The molecule has 0 aliphatic heterocycles. The molecule has 0 fully saturated rings. The molecular weight excluding hydrogens is 276 g/mol. The van der Waals surface area contributed by atoms with Crippen LogP contribution in [0, 0.1) is 0 Å². The molecule has 0 saturated carbocycles. The molecular formula is C14H20N2O3S. The van der Waals surface area contributed by atoms with E-state index in [1.807, 2.05) is 32.0 Å². The largest absolute Gasteiger partial charge is 0.462 e. The Morgan fingerprint density at radius 2 is 2.10 bits per heavy atom. The molecule has 0 heterocycles. The number of anilines is 2. The number of hydrogen-bond acceptors (Lipinski definition) is 5. The zero-order chi connectivity index (χ0) is 15.1. The summed E-state index contributed by atoms with van der Waals surface area (Å²) in [5.74, 6) is 0.474. The van der Waals surface area contributed by atoms with Crippen LogP contribution in [0.2, 0.25) is 0 Å². The Kier molecular flexibility index (Phi) is 6.38. The third-order valence-corrected chi connectivity index (χ3v) is 3.53. The molecule has 110 valence electrons. The van der Waals surface area contributed by atoms with Crippen LogP contribution in [0.5, 0.6) is 0 Å². The smallest absolute Gasteiger partial charge is 0.339 e. The third-order valence-electron chi connectivity index (χ3n) is 2.59. The van der Waals surface area contributed by atoms with E-state index < -0.39 is 0 Å². The van der Waals surface area contributed by atoms with Gasteiger partial charge in [0.25, 0.3) is 0 Å². The molecule has 1 aromatic carbocycles. The minimum atomic E-state index is -0.372. The van der Waals surface area contributed by atoms with Crippen LogP contribution in [-0.4, -0.2) is 38.8 Å². The highest BCUT2D eigenvalue weighted by molar-refractivity contribution is 7.99. The van der Waals surface area contributed by atoms with E-state index >= 15 is 0 Å². The fourth-order valence-corrected chi connectivity index (χ4v) is 2.57. The summed E-state index contributed by atoms with van der Waals surface area (Å²) in [5, 5.41) is 2.62. The quantitative estimate of drug-likeness (QED) is 0.476. The topological polar surface area (TPSA) is 58.6 Å². The van der Waals surface area contributed by atoms with Crippen LogP contribution < -0.4 is 10.2 Å². The number of rotatable bonds is 7. The summed E-state index contributed by atoms with van der Waals surface area (Å²) in [6, 6.07) is 3.56. The minimum absolute atomic E-state index is 0.320. The lowest BCUT2D eigenvalue weighted by atomic mass is 10.1. The predicted octanol–water partition coefficient (Wildman–Crippen LogP) is 2.61. The average molecular weight is 296 g/mol. The SMILES string of the molecule is CCOC(=O)c1cc(NC=O)c(N(C)C)cc1SCC. The van der Waals surface area contributed by atoms with Gasteiger partial charge in [0.15, 0.2) is 0 Å². The Morgan fingerprint density at radius 1 is 1.40 bits per heavy atom. The molecule has 1 N–H and O–H groups in total. The number of nitrogens with one attached hydrogen (secondary N) is 1. The first-order chi connectivity index (χ1) is 9.54. The van der Waals surface area contributed by atoms with Crippen molar-refractivity contribution < 1.29 is 14.3 Å². The van der Waals surface area contributed by atoms with Gasteiger partial charge in [0.2, 0.25) is 6.41 Å². The monoisotopic (exact) mass is 296 g/mol. The number of ether oxygens (including phenoxy) is 1. The maximum absolute atomic E-state index is 12.0. The molecule has 0 atom stereocenters. The molecule has 20 heavy (non-hydrogen) atoms. The van der Waals surface area contributed by atoms with Crippen molar-refractivity contribution in [2.45, 2.75) is 18.7 Å².